The second-order valence-corrected chi connectivity index (χ2v) is 4.62. The molecule has 1 aliphatic carbocycles. The second-order valence-electron chi connectivity index (χ2n) is 3.46. The van der Waals surface area contributed by atoms with Crippen molar-refractivity contribution in [2.75, 3.05) is 0 Å². The molecule has 0 saturated carbocycles. The Kier molecular flexibility index (Phi) is 52.2. The van der Waals surface area contributed by atoms with E-state index < -0.39 is 5.91 Å². The van der Waals surface area contributed by atoms with Gasteiger partial charge in [-0.15, -0.1) is 6.42 Å². The molecule has 0 heterocycles. The van der Waals surface area contributed by atoms with Gasteiger partial charge in [0.1, 0.15) is 0 Å². The summed E-state index contributed by atoms with van der Waals surface area (Å²) in [5.74, 6) is -0.432. The first kappa shape index (κ1) is 31.8. The molecule has 0 bridgehead atoms. The van der Waals surface area contributed by atoms with Crippen LogP contribution in [0.5, 0.6) is 0 Å². The predicted octanol–water partition coefficient (Wildman–Crippen LogP) is -2.02. The molecule has 0 unspecified atom stereocenters. The third kappa shape index (κ3) is 45.6. The fourth-order valence-corrected chi connectivity index (χ4v) is 0.876. The van der Waals surface area contributed by atoms with Crippen molar-refractivity contribution in [2.24, 2.45) is 0 Å². The summed E-state index contributed by atoms with van der Waals surface area (Å²) >= 11 is 0. The van der Waals surface area contributed by atoms with Crippen LogP contribution in [0.3, 0.4) is 0 Å². The second kappa shape index (κ2) is 31.2. The molecule has 6 heteroatoms. The quantitative estimate of drug-likeness (QED) is 0.256. The molecule has 1 rings (SSSR count). The van der Waals surface area contributed by atoms with Crippen LogP contribution in [-0.4, -0.2) is 15.4 Å². The summed E-state index contributed by atoms with van der Waals surface area (Å²) in [7, 11) is 0.750. The monoisotopic (exact) mass is 488 g/mol. The van der Waals surface area contributed by atoms with Crippen molar-refractivity contribution < 1.29 is 55.5 Å². The fraction of sp³-hybridized carbons (Fsp3) is 0.615. The Morgan fingerprint density at radius 2 is 1.84 bits per heavy atom. The number of hydrogen-bond acceptors (Lipinski definition) is 1. The normalized spacial score (nSPS) is 9.42. The van der Waals surface area contributed by atoms with Crippen LogP contribution in [-0.2, 0) is 30.6 Å². The summed E-state index contributed by atoms with van der Waals surface area (Å²) in [6.07, 6.45) is 13.5. The van der Waals surface area contributed by atoms with E-state index in [4.69, 9.17) is 5.73 Å². The molecule has 19 heavy (non-hydrogen) atoms. The maximum Gasteiger partial charge on any atom is 4.00 e. The van der Waals surface area contributed by atoms with Crippen LogP contribution in [0.15, 0.2) is 18.2 Å². The van der Waals surface area contributed by atoms with Crippen LogP contribution in [0.1, 0.15) is 39.0 Å². The van der Waals surface area contributed by atoms with Crippen molar-refractivity contribution >= 4 is 15.4 Å². The number of allylic oxidation sites excluding steroid dienone is 4. The molecule has 0 spiro atoms. The summed E-state index contributed by atoms with van der Waals surface area (Å²) in [4.78, 5) is 9.99. The van der Waals surface area contributed by atoms with Gasteiger partial charge in [0.2, 0.25) is 0 Å². The Hall–Kier alpha value is 0.617. The van der Waals surface area contributed by atoms with Crippen LogP contribution >= 0.6 is 0 Å². The molecule has 0 aromatic heterocycles. The van der Waals surface area contributed by atoms with E-state index in [1.165, 1.54) is 0 Å². The van der Waals surface area contributed by atoms with Crippen LogP contribution in [0.4, 0.5) is 0 Å². The smallest absolute Gasteiger partial charge is 1.00 e. The topological polar surface area (TPSA) is 40.9 Å². The molecular formula is C13H24Cl2HfNOSi. The number of carbonyl (C=O) groups is 1. The van der Waals surface area contributed by atoms with E-state index in [1.54, 1.807) is 0 Å². The van der Waals surface area contributed by atoms with Gasteiger partial charge in [0, 0.05) is 15.4 Å². The number of unbranched alkanes of at least 4 members (excludes halogenated alkanes) is 2. The van der Waals surface area contributed by atoms with Gasteiger partial charge >= 0.3 is 25.8 Å². The molecular weight excluding hydrogens is 464 g/mol. The zero-order valence-corrected chi connectivity index (χ0v) is 18.3. The number of amides is 1. The molecule has 1 amide bonds. The maximum absolute atomic E-state index is 9.99. The average Bonchev–Trinajstić information content (AvgIpc) is 2.76. The molecule has 1 aliphatic rings. The van der Waals surface area contributed by atoms with Gasteiger partial charge in [0.05, 0.1) is 0 Å². The molecule has 109 valence electrons. The van der Waals surface area contributed by atoms with Crippen molar-refractivity contribution in [1.29, 1.82) is 0 Å². The van der Waals surface area contributed by atoms with E-state index in [9.17, 15) is 4.79 Å². The number of hydrogen-bond donors (Lipinski definition) is 0. The van der Waals surface area contributed by atoms with E-state index in [-0.39, 0.29) is 50.7 Å². The Balaban J connectivity index is -0.0000000522. The number of carbonyl (C=O) groups excluding carboxylic acids is 1. The fourth-order valence-electron chi connectivity index (χ4n) is 0.876. The Morgan fingerprint density at radius 3 is 2.05 bits per heavy atom. The first-order valence-electron chi connectivity index (χ1n) is 5.89. The Morgan fingerprint density at radius 1 is 1.32 bits per heavy atom. The van der Waals surface area contributed by atoms with Crippen molar-refractivity contribution in [3.05, 3.63) is 30.0 Å². The van der Waals surface area contributed by atoms with Crippen LogP contribution in [0, 0.1) is 6.08 Å². The van der Waals surface area contributed by atoms with Crippen LogP contribution in [0.25, 0.3) is 5.73 Å². The van der Waals surface area contributed by atoms with Crippen molar-refractivity contribution in [2.45, 2.75) is 52.1 Å². The van der Waals surface area contributed by atoms with Gasteiger partial charge in [-0.25, -0.2) is 12.2 Å². The minimum atomic E-state index is -0.432. The molecule has 0 saturated heterocycles. The first-order valence-corrected chi connectivity index (χ1v) is 8.20. The average molecular weight is 488 g/mol. The van der Waals surface area contributed by atoms with E-state index in [2.05, 4.69) is 32.2 Å². The van der Waals surface area contributed by atoms with Gasteiger partial charge in [-0.3, -0.25) is 6.08 Å². The summed E-state index contributed by atoms with van der Waals surface area (Å²) in [6, 6.07) is 0. The van der Waals surface area contributed by atoms with E-state index in [0.29, 0.717) is 6.42 Å². The zero-order valence-electron chi connectivity index (χ0n) is 12.0. The molecule has 0 atom stereocenters. The van der Waals surface area contributed by atoms with Gasteiger partial charge in [0.25, 0.3) is 0 Å². The van der Waals surface area contributed by atoms with Crippen LogP contribution < -0.4 is 24.8 Å². The van der Waals surface area contributed by atoms with Gasteiger partial charge in [-0.2, -0.15) is 6.08 Å². The summed E-state index contributed by atoms with van der Waals surface area (Å²) in [5.41, 5.74) is 6.52. The minimum Gasteiger partial charge on any atom is -1.00 e. The Labute approximate surface area is 152 Å². The summed E-state index contributed by atoms with van der Waals surface area (Å²) in [6.45, 7) is 6.49. The standard InChI is InChI=1S/C6H13NO.C5H5.C2H7Si.2ClH.Hf/c1-2-3-4-5-6(7)8;1-2-4-5-3-1;1-3-2;;;/h2-5H2,1H3,(H2,7,8);1-3H,4H2;3H,1-2H3;2*1H;/q;-1;;;;+4/p-3. The van der Waals surface area contributed by atoms with Gasteiger partial charge in [-0.1, -0.05) is 32.9 Å². The molecule has 0 aromatic rings. The number of nitrogens with one attached hydrogen (secondary N) is 1. The maximum atomic E-state index is 9.99. The summed E-state index contributed by atoms with van der Waals surface area (Å²) in [5, 5.41) is 0. The van der Waals surface area contributed by atoms with Gasteiger partial charge in [0.15, 0.2) is 0 Å². The van der Waals surface area contributed by atoms with Crippen LogP contribution in [0.2, 0.25) is 13.1 Å². The SMILES string of the molecule is CCCCCC([NH-])=O.C[SiH]C.[C-]1=CC=CC1.[Cl-].[Cl-].[Hf+4]. The third-order valence-electron chi connectivity index (χ3n) is 1.59. The predicted molar refractivity (Wildman–Crippen MR) is 73.9 cm³/mol. The van der Waals surface area contributed by atoms with E-state index >= 15 is 0 Å². The molecule has 0 aromatic carbocycles. The largest absolute Gasteiger partial charge is 4.00 e. The van der Waals surface area contributed by atoms with E-state index in [0.717, 1.165) is 35.2 Å². The molecule has 0 aliphatic heterocycles. The first-order chi connectivity index (χ1) is 7.68. The molecule has 1 radical (unpaired) electrons. The zero-order chi connectivity index (χ0) is 12.6. The summed E-state index contributed by atoms with van der Waals surface area (Å²) < 4.78 is 0. The minimum absolute atomic E-state index is 0. The van der Waals surface area contributed by atoms with E-state index in [1.807, 2.05) is 12.2 Å². The van der Waals surface area contributed by atoms with Crippen molar-refractivity contribution in [1.82, 2.24) is 0 Å². The number of halogens is 2. The van der Waals surface area contributed by atoms with Gasteiger partial charge in [-0.05, 0) is 12.8 Å². The van der Waals surface area contributed by atoms with Crippen molar-refractivity contribution in [3.63, 3.8) is 0 Å². The van der Waals surface area contributed by atoms with Gasteiger partial charge < -0.3 is 35.3 Å². The molecule has 1 N–H and O–H groups in total. The number of rotatable bonds is 4. The Bertz CT molecular complexity index is 205. The van der Waals surface area contributed by atoms with Crippen molar-refractivity contribution in [3.8, 4) is 0 Å². The third-order valence-corrected chi connectivity index (χ3v) is 1.59. The molecule has 2 nitrogen and oxygen atoms in total. The molecule has 0 fully saturated rings.